The van der Waals surface area contributed by atoms with Crippen molar-refractivity contribution in [1.82, 2.24) is 20.1 Å². The van der Waals surface area contributed by atoms with Crippen LogP contribution in [0.3, 0.4) is 0 Å². The molecule has 0 bridgehead atoms. The molecule has 3 rings (SSSR count). The second kappa shape index (κ2) is 5.54. The summed E-state index contributed by atoms with van der Waals surface area (Å²) >= 11 is 0.947. The van der Waals surface area contributed by atoms with E-state index in [2.05, 4.69) is 24.6 Å². The molecule has 0 aliphatic rings. The first-order valence-corrected chi connectivity index (χ1v) is 7.00. The zero-order valence-corrected chi connectivity index (χ0v) is 12.3. The van der Waals surface area contributed by atoms with E-state index in [4.69, 9.17) is 0 Å². The van der Waals surface area contributed by atoms with Gasteiger partial charge in [-0.25, -0.2) is 4.98 Å². The number of thiophene rings is 1. The first kappa shape index (κ1) is 15.3. The molecule has 0 N–H and O–H groups in total. The summed E-state index contributed by atoms with van der Waals surface area (Å²) in [6.45, 7) is 1.74. The average molecular weight is 340 g/mol. The second-order valence-corrected chi connectivity index (χ2v) is 5.54. The Labute approximate surface area is 131 Å². The normalized spacial score (nSPS) is 11.7. The molecule has 3 aromatic rings. The molecule has 6 nitrogen and oxygen atoms in total. The van der Waals surface area contributed by atoms with E-state index in [0.717, 1.165) is 11.3 Å². The summed E-state index contributed by atoms with van der Waals surface area (Å²) in [4.78, 5) is 24.0. The molecule has 23 heavy (non-hydrogen) atoms. The minimum absolute atomic E-state index is 0.146. The molecule has 0 saturated carbocycles. The molecule has 118 valence electrons. The van der Waals surface area contributed by atoms with Crippen LogP contribution in [0.1, 0.15) is 27.0 Å². The van der Waals surface area contributed by atoms with Gasteiger partial charge >= 0.3 is 12.1 Å². The lowest BCUT2D eigenvalue weighted by Crippen LogP contribution is -2.04. The Morgan fingerprint density at radius 3 is 2.61 bits per heavy atom. The molecule has 0 radical (unpaired) electrons. The van der Waals surface area contributed by atoms with Gasteiger partial charge < -0.3 is 4.52 Å². The lowest BCUT2D eigenvalue weighted by molar-refractivity contribution is -0.159. The summed E-state index contributed by atoms with van der Waals surface area (Å²) in [6, 6.07) is 2.91. The largest absolute Gasteiger partial charge is 0.471 e. The molecule has 3 heterocycles. The van der Waals surface area contributed by atoms with Crippen molar-refractivity contribution < 1.29 is 22.5 Å². The topological polar surface area (TPSA) is 81.8 Å². The third kappa shape index (κ3) is 3.11. The monoisotopic (exact) mass is 340 g/mol. The highest BCUT2D eigenvalue weighted by Crippen LogP contribution is 2.32. The van der Waals surface area contributed by atoms with E-state index >= 15 is 0 Å². The van der Waals surface area contributed by atoms with Crippen LogP contribution in [0, 0.1) is 6.92 Å². The molecule has 10 heteroatoms. The molecule has 0 saturated heterocycles. The van der Waals surface area contributed by atoms with E-state index in [1.165, 1.54) is 24.5 Å². The Kier molecular flexibility index (Phi) is 3.68. The van der Waals surface area contributed by atoms with Gasteiger partial charge in [0.1, 0.15) is 5.69 Å². The summed E-state index contributed by atoms with van der Waals surface area (Å²) in [5, 5.41) is 3.27. The highest BCUT2D eigenvalue weighted by atomic mass is 32.1. The van der Waals surface area contributed by atoms with E-state index in [-0.39, 0.29) is 27.1 Å². The van der Waals surface area contributed by atoms with Gasteiger partial charge in [-0.1, -0.05) is 5.16 Å². The maximum atomic E-state index is 12.4. The molecule has 0 unspecified atom stereocenters. The maximum Gasteiger partial charge on any atom is 0.471 e. The standard InChI is InChI=1S/C13H7F3N4O2S/c1-6-4-18-7(5-17-6)10(21)8-2-3-9(23-8)11-19-12(22-20-11)13(14,15)16/h2-5H,1H3. The van der Waals surface area contributed by atoms with Crippen molar-refractivity contribution in [3.63, 3.8) is 0 Å². The number of aryl methyl sites for hydroxylation is 1. The minimum atomic E-state index is -4.71. The van der Waals surface area contributed by atoms with Gasteiger partial charge in [-0.15, -0.1) is 11.3 Å². The van der Waals surface area contributed by atoms with Crippen molar-refractivity contribution in [2.75, 3.05) is 0 Å². The molecular formula is C13H7F3N4O2S. The van der Waals surface area contributed by atoms with Gasteiger partial charge in [-0.3, -0.25) is 9.78 Å². The van der Waals surface area contributed by atoms with E-state index in [1.807, 2.05) is 0 Å². The third-order valence-electron chi connectivity index (χ3n) is 2.73. The third-order valence-corrected chi connectivity index (χ3v) is 3.81. The SMILES string of the molecule is Cc1cnc(C(=O)c2ccc(-c3noc(C(F)(F)F)n3)s2)cn1. The number of rotatable bonds is 3. The molecule has 0 amide bonds. The van der Waals surface area contributed by atoms with Crippen LogP contribution in [0.25, 0.3) is 10.7 Å². The first-order valence-electron chi connectivity index (χ1n) is 6.19. The fourth-order valence-electron chi connectivity index (χ4n) is 1.65. The Morgan fingerprint density at radius 2 is 2.00 bits per heavy atom. The van der Waals surface area contributed by atoms with Crippen LogP contribution in [0.15, 0.2) is 29.0 Å². The van der Waals surface area contributed by atoms with Crippen LogP contribution in [-0.4, -0.2) is 25.9 Å². The molecule has 0 aliphatic carbocycles. The second-order valence-electron chi connectivity index (χ2n) is 4.46. The number of carbonyl (C=O) groups is 1. The van der Waals surface area contributed by atoms with Crippen LogP contribution in [-0.2, 0) is 6.18 Å². The lowest BCUT2D eigenvalue weighted by atomic mass is 10.2. The number of carbonyl (C=O) groups excluding carboxylic acids is 1. The zero-order valence-electron chi connectivity index (χ0n) is 11.5. The quantitative estimate of drug-likeness (QED) is 0.681. The first-order chi connectivity index (χ1) is 10.8. The van der Waals surface area contributed by atoms with Crippen LogP contribution >= 0.6 is 11.3 Å². The van der Waals surface area contributed by atoms with Crippen LogP contribution in [0.5, 0.6) is 0 Å². The summed E-state index contributed by atoms with van der Waals surface area (Å²) in [5.74, 6) is -2.04. The van der Waals surface area contributed by atoms with E-state index in [9.17, 15) is 18.0 Å². The zero-order chi connectivity index (χ0) is 16.6. The van der Waals surface area contributed by atoms with Gasteiger partial charge in [-0.05, 0) is 19.1 Å². The van der Waals surface area contributed by atoms with Crippen molar-refractivity contribution in [3.8, 4) is 10.7 Å². The average Bonchev–Trinajstić information content (AvgIpc) is 3.16. The van der Waals surface area contributed by atoms with Crippen molar-refractivity contribution in [2.45, 2.75) is 13.1 Å². The molecule has 0 atom stereocenters. The Morgan fingerprint density at radius 1 is 1.22 bits per heavy atom. The predicted octanol–water partition coefficient (Wildman–Crippen LogP) is 3.15. The van der Waals surface area contributed by atoms with Crippen molar-refractivity contribution in [2.24, 2.45) is 0 Å². The number of hydrogen-bond acceptors (Lipinski definition) is 7. The maximum absolute atomic E-state index is 12.4. The molecule has 0 fully saturated rings. The van der Waals surface area contributed by atoms with Crippen LogP contribution < -0.4 is 0 Å². The highest BCUT2D eigenvalue weighted by molar-refractivity contribution is 7.17. The van der Waals surface area contributed by atoms with Crippen molar-refractivity contribution >= 4 is 17.1 Å². The highest BCUT2D eigenvalue weighted by Gasteiger charge is 2.38. The van der Waals surface area contributed by atoms with E-state index in [1.54, 1.807) is 6.92 Å². The van der Waals surface area contributed by atoms with E-state index in [0.29, 0.717) is 5.69 Å². The minimum Gasteiger partial charge on any atom is -0.329 e. The Hall–Kier alpha value is -2.62. The number of nitrogens with zero attached hydrogens (tertiary/aromatic N) is 4. The fraction of sp³-hybridized carbons (Fsp3) is 0.154. The van der Waals surface area contributed by atoms with E-state index < -0.39 is 12.1 Å². The lowest BCUT2D eigenvalue weighted by Gasteiger charge is -1.97. The molecule has 0 spiro atoms. The van der Waals surface area contributed by atoms with Gasteiger partial charge in [0.05, 0.1) is 21.6 Å². The van der Waals surface area contributed by atoms with Gasteiger partial charge in [0, 0.05) is 6.20 Å². The molecule has 3 aromatic heterocycles. The summed E-state index contributed by atoms with van der Waals surface area (Å²) in [5.41, 5.74) is 0.813. The number of aromatic nitrogens is 4. The number of halogens is 3. The molecule has 0 aromatic carbocycles. The van der Waals surface area contributed by atoms with Crippen LogP contribution in [0.4, 0.5) is 13.2 Å². The van der Waals surface area contributed by atoms with Gasteiger partial charge in [0.15, 0.2) is 0 Å². The fourth-order valence-corrected chi connectivity index (χ4v) is 2.54. The van der Waals surface area contributed by atoms with Crippen LogP contribution in [0.2, 0.25) is 0 Å². The van der Waals surface area contributed by atoms with Crippen molar-refractivity contribution in [1.29, 1.82) is 0 Å². The number of alkyl halides is 3. The number of ketones is 1. The molecule has 0 aliphatic heterocycles. The Bertz CT molecular complexity index is 855. The van der Waals surface area contributed by atoms with Crippen molar-refractivity contribution in [3.05, 3.63) is 46.7 Å². The number of hydrogen-bond donors (Lipinski definition) is 0. The van der Waals surface area contributed by atoms with Gasteiger partial charge in [-0.2, -0.15) is 18.2 Å². The summed E-state index contributed by atoms with van der Waals surface area (Å²) in [7, 11) is 0. The van der Waals surface area contributed by atoms with Gasteiger partial charge in [0.2, 0.25) is 11.6 Å². The smallest absolute Gasteiger partial charge is 0.329 e. The Balaban J connectivity index is 1.87. The summed E-state index contributed by atoms with van der Waals surface area (Å²) < 4.78 is 41.5. The van der Waals surface area contributed by atoms with Gasteiger partial charge in [0.25, 0.3) is 0 Å². The molecular weight excluding hydrogens is 333 g/mol. The summed E-state index contributed by atoms with van der Waals surface area (Å²) in [6.07, 6.45) is -1.91. The predicted molar refractivity (Wildman–Crippen MR) is 72.8 cm³/mol.